The molecule has 0 bridgehead atoms. The summed E-state index contributed by atoms with van der Waals surface area (Å²) in [5.74, 6) is 7.06. The first-order valence-corrected chi connectivity index (χ1v) is 17.2. The zero-order valence-corrected chi connectivity index (χ0v) is 25.2. The van der Waals surface area contributed by atoms with E-state index in [0.29, 0.717) is 92.5 Å². The molecule has 40 heavy (non-hydrogen) atoms. The van der Waals surface area contributed by atoms with Crippen LogP contribution in [-0.2, 0) is 28.4 Å². The van der Waals surface area contributed by atoms with Gasteiger partial charge in [-0.15, -0.1) is 12.0 Å². The highest BCUT2D eigenvalue weighted by Gasteiger charge is 2.08. The van der Waals surface area contributed by atoms with Crippen LogP contribution in [0.25, 0.3) is 10.8 Å². The second-order valence-corrected chi connectivity index (χ2v) is 14.4. The van der Waals surface area contributed by atoms with Crippen molar-refractivity contribution in [1.82, 2.24) is 0 Å². The molecule has 0 aliphatic carbocycles. The molecule has 0 aliphatic heterocycles. The van der Waals surface area contributed by atoms with Crippen LogP contribution in [0.2, 0.25) is 19.6 Å². The first-order valence-electron chi connectivity index (χ1n) is 13.7. The Morgan fingerprint density at radius 3 is 1.38 bits per heavy atom. The predicted octanol–water partition coefficient (Wildman–Crippen LogP) is 4.21. The van der Waals surface area contributed by atoms with Crippen molar-refractivity contribution in [3.63, 3.8) is 0 Å². The fourth-order valence-electron chi connectivity index (χ4n) is 3.36. The van der Waals surface area contributed by atoms with Gasteiger partial charge in [0.05, 0.1) is 66.1 Å². The van der Waals surface area contributed by atoms with Gasteiger partial charge >= 0.3 is 0 Å². The standard InChI is InChI=1S/C31H44O8Si/c1-5-13-32-15-17-34-19-21-36-23-25-38-30-11-6-10-29-28(30)9-7-12-31(29)39-26-24-37-22-20-35-18-16-33-14-8-27-40(2,3)4/h1,6-7,9-12H,13-26H2,2-4H3. The van der Waals surface area contributed by atoms with Gasteiger partial charge in [-0.3, -0.25) is 0 Å². The minimum Gasteiger partial charge on any atom is -0.491 e. The molecule has 0 unspecified atom stereocenters. The van der Waals surface area contributed by atoms with Gasteiger partial charge in [-0.1, -0.05) is 55.7 Å². The van der Waals surface area contributed by atoms with Crippen LogP contribution in [0.4, 0.5) is 0 Å². The highest BCUT2D eigenvalue weighted by molar-refractivity contribution is 6.83. The lowest BCUT2D eigenvalue weighted by atomic mass is 10.1. The molecule has 0 aliphatic rings. The second-order valence-electron chi connectivity index (χ2n) is 9.61. The van der Waals surface area contributed by atoms with Crippen LogP contribution in [0, 0.1) is 23.8 Å². The molecule has 2 aromatic carbocycles. The van der Waals surface area contributed by atoms with Crippen molar-refractivity contribution < 1.29 is 37.9 Å². The van der Waals surface area contributed by atoms with Crippen molar-refractivity contribution in [2.45, 2.75) is 19.6 Å². The average Bonchev–Trinajstić information content (AvgIpc) is 2.93. The Hall–Kier alpha value is -2.60. The molecule has 0 spiro atoms. The van der Waals surface area contributed by atoms with Gasteiger partial charge in [-0.2, -0.15) is 0 Å². The van der Waals surface area contributed by atoms with E-state index in [9.17, 15) is 0 Å². The molecular weight excluding hydrogens is 528 g/mol. The molecule has 220 valence electrons. The van der Waals surface area contributed by atoms with Gasteiger partial charge in [-0.25, -0.2) is 0 Å². The maximum Gasteiger partial charge on any atom is 0.129 e. The van der Waals surface area contributed by atoms with Crippen molar-refractivity contribution in [3.05, 3.63) is 36.4 Å². The molecule has 0 saturated heterocycles. The lowest BCUT2D eigenvalue weighted by molar-refractivity contribution is 0.0142. The van der Waals surface area contributed by atoms with E-state index in [1.165, 1.54) is 0 Å². The first-order chi connectivity index (χ1) is 19.5. The van der Waals surface area contributed by atoms with Crippen LogP contribution in [0.5, 0.6) is 11.5 Å². The predicted molar refractivity (Wildman–Crippen MR) is 160 cm³/mol. The fourth-order valence-corrected chi connectivity index (χ4v) is 3.96. The van der Waals surface area contributed by atoms with Crippen LogP contribution < -0.4 is 9.47 Å². The highest BCUT2D eigenvalue weighted by atomic mass is 28.3. The molecule has 0 atom stereocenters. The summed E-state index contributed by atoms with van der Waals surface area (Å²) in [6.45, 7) is 13.2. The number of terminal acetylenes is 1. The molecule has 0 fully saturated rings. The van der Waals surface area contributed by atoms with Crippen LogP contribution in [0.15, 0.2) is 36.4 Å². The van der Waals surface area contributed by atoms with E-state index in [0.717, 1.165) is 22.3 Å². The number of hydrogen-bond donors (Lipinski definition) is 0. The molecule has 0 heterocycles. The Morgan fingerprint density at radius 2 is 0.950 bits per heavy atom. The molecule has 0 radical (unpaired) electrons. The van der Waals surface area contributed by atoms with Crippen LogP contribution >= 0.6 is 0 Å². The summed E-state index contributed by atoms with van der Waals surface area (Å²) < 4.78 is 44.7. The summed E-state index contributed by atoms with van der Waals surface area (Å²) in [6, 6.07) is 11.8. The van der Waals surface area contributed by atoms with Crippen molar-refractivity contribution in [3.8, 4) is 35.3 Å². The van der Waals surface area contributed by atoms with E-state index >= 15 is 0 Å². The minimum absolute atomic E-state index is 0.302. The third kappa shape index (κ3) is 15.9. The molecule has 8 nitrogen and oxygen atoms in total. The third-order valence-corrected chi connectivity index (χ3v) is 6.05. The van der Waals surface area contributed by atoms with Gasteiger partial charge in [-0.05, 0) is 12.1 Å². The molecular formula is C31H44O8Si. The Balaban J connectivity index is 1.56. The summed E-state index contributed by atoms with van der Waals surface area (Å²) in [5.41, 5.74) is 3.27. The van der Waals surface area contributed by atoms with E-state index < -0.39 is 8.07 Å². The maximum atomic E-state index is 5.98. The van der Waals surface area contributed by atoms with E-state index in [1.54, 1.807) is 0 Å². The third-order valence-electron chi connectivity index (χ3n) is 5.12. The molecule has 0 aromatic heterocycles. The van der Waals surface area contributed by atoms with Crippen molar-refractivity contribution in [2.75, 3.05) is 92.5 Å². The normalized spacial score (nSPS) is 11.2. The quantitative estimate of drug-likeness (QED) is 0.118. The number of ether oxygens (including phenoxy) is 8. The summed E-state index contributed by atoms with van der Waals surface area (Å²) in [4.78, 5) is 0. The number of fused-ring (bicyclic) bond motifs is 1. The van der Waals surface area contributed by atoms with Crippen LogP contribution in [-0.4, -0.2) is 101 Å². The first kappa shape index (κ1) is 33.6. The molecule has 2 rings (SSSR count). The smallest absolute Gasteiger partial charge is 0.129 e. The van der Waals surface area contributed by atoms with Crippen molar-refractivity contribution in [1.29, 1.82) is 0 Å². The van der Waals surface area contributed by atoms with Crippen LogP contribution in [0.3, 0.4) is 0 Å². The number of hydrogen-bond acceptors (Lipinski definition) is 8. The van der Waals surface area contributed by atoms with Crippen molar-refractivity contribution >= 4 is 18.8 Å². The summed E-state index contributed by atoms with van der Waals surface area (Å²) in [6.07, 6.45) is 5.11. The largest absolute Gasteiger partial charge is 0.491 e. The van der Waals surface area contributed by atoms with E-state index in [-0.39, 0.29) is 0 Å². The fraction of sp³-hybridized carbons (Fsp3) is 0.548. The van der Waals surface area contributed by atoms with Gasteiger partial charge in [0.25, 0.3) is 0 Å². The van der Waals surface area contributed by atoms with Gasteiger partial charge in [0.2, 0.25) is 0 Å². The number of benzene rings is 2. The monoisotopic (exact) mass is 572 g/mol. The molecule has 2 aromatic rings. The van der Waals surface area contributed by atoms with Gasteiger partial charge < -0.3 is 37.9 Å². The number of rotatable bonds is 22. The zero-order valence-electron chi connectivity index (χ0n) is 24.2. The maximum absolute atomic E-state index is 5.98. The highest BCUT2D eigenvalue weighted by Crippen LogP contribution is 2.32. The van der Waals surface area contributed by atoms with E-state index in [4.69, 9.17) is 44.3 Å². The molecule has 0 N–H and O–H groups in total. The molecule has 0 saturated carbocycles. The van der Waals surface area contributed by atoms with Gasteiger partial charge in [0.15, 0.2) is 0 Å². The lowest BCUT2D eigenvalue weighted by Crippen LogP contribution is -2.17. The minimum atomic E-state index is -1.33. The summed E-state index contributed by atoms with van der Waals surface area (Å²) >= 11 is 0. The Labute approximate surface area is 240 Å². The Bertz CT molecular complexity index is 1050. The zero-order chi connectivity index (χ0) is 28.7. The SMILES string of the molecule is C#CCOCCOCCOCCOc1cccc2c(OCCOCCOCCOCC#C[Si](C)(C)C)cccc12. The van der Waals surface area contributed by atoms with Crippen LogP contribution in [0.1, 0.15) is 0 Å². The second kappa shape index (κ2) is 21.2. The summed E-state index contributed by atoms with van der Waals surface area (Å²) in [5, 5.41) is 1.97. The lowest BCUT2D eigenvalue weighted by Gasteiger charge is -2.13. The molecule has 9 heteroatoms. The van der Waals surface area contributed by atoms with E-state index in [2.05, 4.69) is 37.0 Å². The topological polar surface area (TPSA) is 73.8 Å². The molecule has 0 amide bonds. The Kier molecular flexibility index (Phi) is 17.8. The average molecular weight is 573 g/mol. The van der Waals surface area contributed by atoms with E-state index in [1.807, 2.05) is 36.4 Å². The summed E-state index contributed by atoms with van der Waals surface area (Å²) in [7, 11) is -1.33. The van der Waals surface area contributed by atoms with Crippen molar-refractivity contribution in [2.24, 2.45) is 0 Å². The Morgan fingerprint density at radius 1 is 0.550 bits per heavy atom. The van der Waals surface area contributed by atoms with Gasteiger partial charge in [0, 0.05) is 10.8 Å². The van der Waals surface area contributed by atoms with Gasteiger partial charge in [0.1, 0.15) is 46.0 Å².